The van der Waals surface area contributed by atoms with Crippen LogP contribution in [0.3, 0.4) is 0 Å². The number of halogens is 1. The number of carbonyl (C=O) groups excluding carboxylic acids is 1. The molecule has 1 N–H and O–H groups in total. The highest BCUT2D eigenvalue weighted by atomic mass is 79.9. The summed E-state index contributed by atoms with van der Waals surface area (Å²) in [5, 5.41) is 7.94. The van der Waals surface area contributed by atoms with Gasteiger partial charge in [0, 0.05) is 49.6 Å². The molecule has 5 rings (SSSR count). The van der Waals surface area contributed by atoms with Gasteiger partial charge in [-0.1, -0.05) is 12.1 Å². The van der Waals surface area contributed by atoms with Gasteiger partial charge in [-0.2, -0.15) is 9.61 Å². The van der Waals surface area contributed by atoms with Gasteiger partial charge >= 0.3 is 0 Å². The van der Waals surface area contributed by atoms with Crippen LogP contribution >= 0.6 is 15.9 Å². The van der Waals surface area contributed by atoms with E-state index in [1.54, 1.807) is 30.1 Å². The number of ether oxygens (including phenoxy) is 1. The molecule has 0 bridgehead atoms. The van der Waals surface area contributed by atoms with Crippen LogP contribution in [0.25, 0.3) is 5.65 Å². The van der Waals surface area contributed by atoms with Crippen molar-refractivity contribution in [2.75, 3.05) is 25.5 Å². The van der Waals surface area contributed by atoms with Crippen LogP contribution in [0.15, 0.2) is 65.5 Å². The minimum atomic E-state index is 0.0186. The van der Waals surface area contributed by atoms with E-state index in [1.165, 1.54) is 0 Å². The van der Waals surface area contributed by atoms with E-state index in [2.05, 4.69) is 31.3 Å². The maximum Gasteiger partial charge on any atom is 0.254 e. The van der Waals surface area contributed by atoms with Crippen molar-refractivity contribution in [1.82, 2.24) is 24.5 Å². The number of amides is 1. The summed E-state index contributed by atoms with van der Waals surface area (Å²) in [6.07, 6.45) is 7.25. The molecule has 4 heterocycles. The number of pyridine rings is 1. The van der Waals surface area contributed by atoms with Crippen molar-refractivity contribution in [3.8, 4) is 5.75 Å². The Hall–Kier alpha value is -3.46. The van der Waals surface area contributed by atoms with Crippen molar-refractivity contribution in [2.24, 2.45) is 0 Å². The lowest BCUT2D eigenvalue weighted by atomic mass is 9.94. The van der Waals surface area contributed by atoms with Crippen LogP contribution in [0.4, 0.5) is 5.82 Å². The summed E-state index contributed by atoms with van der Waals surface area (Å²) < 4.78 is 7.92. The number of anilines is 1. The van der Waals surface area contributed by atoms with Crippen molar-refractivity contribution < 1.29 is 9.53 Å². The fraction of sp³-hybridized carbons (Fsp3) is 0.280. The molecule has 0 aliphatic carbocycles. The molecule has 8 nitrogen and oxygen atoms in total. The van der Waals surface area contributed by atoms with E-state index in [9.17, 15) is 4.79 Å². The molecule has 1 saturated heterocycles. The predicted octanol–water partition coefficient (Wildman–Crippen LogP) is 4.53. The van der Waals surface area contributed by atoms with E-state index >= 15 is 0 Å². The second kappa shape index (κ2) is 9.80. The number of carbonyl (C=O) groups is 1. The number of hydrogen-bond acceptors (Lipinski definition) is 6. The Morgan fingerprint density at radius 1 is 1.24 bits per heavy atom. The zero-order chi connectivity index (χ0) is 23.5. The number of methoxy groups -OCH3 is 1. The molecule has 34 heavy (non-hydrogen) atoms. The maximum absolute atomic E-state index is 13.2. The Morgan fingerprint density at radius 2 is 2.15 bits per heavy atom. The van der Waals surface area contributed by atoms with Gasteiger partial charge in [0.1, 0.15) is 11.6 Å². The molecule has 0 radical (unpaired) electrons. The molecular formula is C25H25BrN6O2. The van der Waals surface area contributed by atoms with Crippen molar-refractivity contribution in [1.29, 1.82) is 0 Å². The molecule has 4 aromatic rings. The van der Waals surface area contributed by atoms with Crippen molar-refractivity contribution in [3.05, 3.63) is 82.3 Å². The second-order valence-electron chi connectivity index (χ2n) is 8.33. The van der Waals surface area contributed by atoms with E-state index in [0.29, 0.717) is 24.4 Å². The Labute approximate surface area is 206 Å². The monoisotopic (exact) mass is 520 g/mol. The number of fused-ring (bicyclic) bond motifs is 1. The molecule has 1 unspecified atom stereocenters. The van der Waals surface area contributed by atoms with Crippen molar-refractivity contribution >= 4 is 33.3 Å². The molecule has 0 saturated carbocycles. The summed E-state index contributed by atoms with van der Waals surface area (Å²) in [7, 11) is 1.61. The summed E-state index contributed by atoms with van der Waals surface area (Å²) in [6, 6.07) is 13.3. The van der Waals surface area contributed by atoms with Crippen LogP contribution in [0.5, 0.6) is 5.75 Å². The third-order valence-electron chi connectivity index (χ3n) is 6.09. The van der Waals surface area contributed by atoms with E-state index < -0.39 is 0 Å². The van der Waals surface area contributed by atoms with Crippen LogP contribution in [0.2, 0.25) is 0 Å². The Bertz CT molecular complexity index is 1310. The molecule has 3 aromatic heterocycles. The Kier molecular flexibility index (Phi) is 6.44. The highest BCUT2D eigenvalue weighted by Crippen LogP contribution is 2.30. The molecule has 1 atom stereocenters. The summed E-state index contributed by atoms with van der Waals surface area (Å²) in [5.41, 5.74) is 3.42. The minimum Gasteiger partial charge on any atom is -0.497 e. The van der Waals surface area contributed by atoms with Crippen LogP contribution in [-0.4, -0.2) is 50.6 Å². The third kappa shape index (κ3) is 4.61. The zero-order valence-corrected chi connectivity index (χ0v) is 20.4. The largest absolute Gasteiger partial charge is 0.497 e. The van der Waals surface area contributed by atoms with Gasteiger partial charge in [0.05, 0.1) is 23.5 Å². The quantitative estimate of drug-likeness (QED) is 0.402. The zero-order valence-electron chi connectivity index (χ0n) is 18.8. The molecule has 174 valence electrons. The molecule has 1 aliphatic heterocycles. The van der Waals surface area contributed by atoms with Gasteiger partial charge in [-0.05, 0) is 58.6 Å². The standard InChI is InChI=1S/C25H25BrN6O2/c1-34-20-8-2-6-18(11-20)25(33)31-10-4-7-19(16-31)22-12-23(28-14-17-5-3-9-27-13-17)32-24(30-22)21(26)15-29-32/h2-3,5-6,8-9,11-13,15,19,28H,4,7,10,14,16H2,1H3. The fourth-order valence-electron chi connectivity index (χ4n) is 4.33. The summed E-state index contributed by atoms with van der Waals surface area (Å²) in [5.74, 6) is 1.69. The summed E-state index contributed by atoms with van der Waals surface area (Å²) >= 11 is 3.57. The molecule has 9 heteroatoms. The molecule has 1 fully saturated rings. The first kappa shape index (κ1) is 22.3. The second-order valence-corrected chi connectivity index (χ2v) is 9.19. The predicted molar refractivity (Wildman–Crippen MR) is 133 cm³/mol. The average Bonchev–Trinajstić information content (AvgIpc) is 3.28. The molecule has 1 aromatic carbocycles. The van der Waals surface area contributed by atoms with Crippen LogP contribution < -0.4 is 10.1 Å². The van der Waals surface area contributed by atoms with Gasteiger partial charge < -0.3 is 15.0 Å². The van der Waals surface area contributed by atoms with Crippen LogP contribution in [0.1, 0.15) is 40.4 Å². The normalized spacial score (nSPS) is 15.9. The van der Waals surface area contributed by atoms with E-state index in [1.807, 2.05) is 47.5 Å². The van der Waals surface area contributed by atoms with E-state index in [4.69, 9.17) is 9.72 Å². The van der Waals surface area contributed by atoms with Gasteiger partial charge in [-0.25, -0.2) is 4.98 Å². The van der Waals surface area contributed by atoms with Gasteiger partial charge in [0.25, 0.3) is 5.91 Å². The lowest BCUT2D eigenvalue weighted by molar-refractivity contribution is 0.0705. The van der Waals surface area contributed by atoms with Crippen LogP contribution in [-0.2, 0) is 6.54 Å². The Balaban J connectivity index is 1.40. The fourth-order valence-corrected chi connectivity index (χ4v) is 4.68. The highest BCUT2D eigenvalue weighted by molar-refractivity contribution is 9.10. The number of piperidine rings is 1. The number of nitrogens with one attached hydrogen (secondary N) is 1. The SMILES string of the molecule is COc1cccc(C(=O)N2CCCC(c3cc(NCc4cccnc4)n4ncc(Br)c4n3)C2)c1. The summed E-state index contributed by atoms with van der Waals surface area (Å²) in [4.78, 5) is 24.2. The van der Waals surface area contributed by atoms with Gasteiger partial charge in [0.15, 0.2) is 5.65 Å². The first-order valence-electron chi connectivity index (χ1n) is 11.2. The van der Waals surface area contributed by atoms with Crippen LogP contribution in [0, 0.1) is 0 Å². The molecular weight excluding hydrogens is 496 g/mol. The Morgan fingerprint density at radius 3 is 2.97 bits per heavy atom. The smallest absolute Gasteiger partial charge is 0.254 e. The molecule has 0 spiro atoms. The first-order chi connectivity index (χ1) is 16.6. The van der Waals surface area contributed by atoms with Gasteiger partial charge in [-0.15, -0.1) is 0 Å². The van der Waals surface area contributed by atoms with E-state index in [-0.39, 0.29) is 11.8 Å². The lowest BCUT2D eigenvalue weighted by Gasteiger charge is -2.33. The summed E-state index contributed by atoms with van der Waals surface area (Å²) in [6.45, 7) is 1.97. The first-order valence-corrected chi connectivity index (χ1v) is 12.0. The van der Waals surface area contributed by atoms with Gasteiger partial charge in [0.2, 0.25) is 0 Å². The highest BCUT2D eigenvalue weighted by Gasteiger charge is 2.27. The third-order valence-corrected chi connectivity index (χ3v) is 6.65. The van der Waals surface area contributed by atoms with Gasteiger partial charge in [-0.3, -0.25) is 9.78 Å². The average molecular weight is 521 g/mol. The number of aromatic nitrogens is 4. The van der Waals surface area contributed by atoms with E-state index in [0.717, 1.165) is 46.6 Å². The number of hydrogen-bond donors (Lipinski definition) is 1. The number of nitrogens with zero attached hydrogens (tertiary/aromatic N) is 5. The number of likely N-dealkylation sites (tertiary alicyclic amines) is 1. The topological polar surface area (TPSA) is 84.7 Å². The lowest BCUT2D eigenvalue weighted by Crippen LogP contribution is -2.39. The molecule has 1 aliphatic rings. The maximum atomic E-state index is 13.2. The van der Waals surface area contributed by atoms with Crippen molar-refractivity contribution in [3.63, 3.8) is 0 Å². The number of benzene rings is 1. The molecule has 1 amide bonds. The minimum absolute atomic E-state index is 0.0186. The number of rotatable bonds is 6. The van der Waals surface area contributed by atoms with Crippen molar-refractivity contribution in [2.45, 2.75) is 25.3 Å².